The van der Waals surface area contributed by atoms with Crippen LogP contribution in [0, 0.1) is 11.2 Å². The third-order valence-corrected chi connectivity index (χ3v) is 4.38. The maximum absolute atomic E-state index is 14.1. The lowest BCUT2D eigenvalue weighted by atomic mass is 9.92. The quantitative estimate of drug-likeness (QED) is 0.617. The highest BCUT2D eigenvalue weighted by Crippen LogP contribution is 2.23. The number of nitrogen functional groups attached to an aromatic ring is 1. The first-order valence-corrected chi connectivity index (χ1v) is 8.37. The third-order valence-electron chi connectivity index (χ3n) is 4.18. The molecule has 0 spiro atoms. The summed E-state index contributed by atoms with van der Waals surface area (Å²) in [6, 6.07) is 1.66. The summed E-state index contributed by atoms with van der Waals surface area (Å²) in [6.45, 7) is 0. The van der Waals surface area contributed by atoms with Gasteiger partial charge in [0.25, 0.3) is 0 Å². The minimum absolute atomic E-state index is 0.0415. The Hall–Kier alpha value is -2.32. The van der Waals surface area contributed by atoms with Crippen LogP contribution in [0.15, 0.2) is 18.5 Å². The predicted octanol–water partition coefficient (Wildman–Crippen LogP) is 2.34. The molecule has 0 saturated heterocycles. The highest BCUT2D eigenvalue weighted by molar-refractivity contribution is 6.31. The highest BCUT2D eigenvalue weighted by atomic mass is 35.5. The predicted molar refractivity (Wildman–Crippen MR) is 95.4 cm³/mol. The van der Waals surface area contributed by atoms with Gasteiger partial charge < -0.3 is 16.8 Å². The van der Waals surface area contributed by atoms with Crippen LogP contribution in [0.2, 0.25) is 5.02 Å². The van der Waals surface area contributed by atoms with Gasteiger partial charge in [-0.05, 0) is 31.7 Å². The van der Waals surface area contributed by atoms with Crippen molar-refractivity contribution in [2.75, 3.05) is 11.1 Å². The number of aromatic nitrogens is 3. The Morgan fingerprint density at radius 1 is 1.32 bits per heavy atom. The van der Waals surface area contributed by atoms with E-state index in [2.05, 4.69) is 20.3 Å². The Labute approximate surface area is 149 Å². The zero-order chi connectivity index (χ0) is 18.0. The van der Waals surface area contributed by atoms with E-state index in [1.54, 1.807) is 0 Å². The average Bonchev–Trinajstić information content (AvgIpc) is 2.58. The van der Waals surface area contributed by atoms with Gasteiger partial charge in [-0.25, -0.2) is 19.3 Å². The number of nitrogens with one attached hydrogen (secondary N) is 2. The molecule has 1 saturated carbocycles. The number of anilines is 2. The number of halogens is 2. The molecule has 1 unspecified atom stereocenters. The monoisotopic (exact) mass is 363 g/mol. The van der Waals surface area contributed by atoms with Crippen molar-refractivity contribution in [2.24, 2.45) is 5.73 Å². The number of nitrogens with two attached hydrogens (primary N) is 2. The maximum atomic E-state index is 14.1. The highest BCUT2D eigenvalue weighted by Gasteiger charge is 2.22. The smallest absolute Gasteiger partial charge is 0.183 e. The van der Waals surface area contributed by atoms with Gasteiger partial charge in [-0.3, -0.25) is 5.41 Å². The zero-order valence-corrected chi connectivity index (χ0v) is 14.2. The normalized spacial score (nSPS) is 20.3. The molecule has 0 amide bonds. The van der Waals surface area contributed by atoms with Crippen molar-refractivity contribution in [2.45, 2.75) is 37.8 Å². The molecule has 2 aromatic heterocycles. The second-order valence-electron chi connectivity index (χ2n) is 6.12. The second-order valence-corrected chi connectivity index (χ2v) is 6.56. The van der Waals surface area contributed by atoms with Crippen molar-refractivity contribution in [3.05, 3.63) is 40.7 Å². The van der Waals surface area contributed by atoms with Crippen molar-refractivity contribution in [3.8, 4) is 0 Å². The number of hydrogen-bond donors (Lipinski definition) is 4. The topological polar surface area (TPSA) is 127 Å². The zero-order valence-electron chi connectivity index (χ0n) is 13.5. The Kier molecular flexibility index (Phi) is 5.10. The lowest BCUT2D eigenvalue weighted by Gasteiger charge is -2.27. The van der Waals surface area contributed by atoms with Crippen LogP contribution < -0.4 is 16.8 Å². The Morgan fingerprint density at radius 2 is 2.12 bits per heavy atom. The molecule has 132 valence electrons. The molecule has 1 fully saturated rings. The van der Waals surface area contributed by atoms with E-state index < -0.39 is 5.82 Å². The summed E-state index contributed by atoms with van der Waals surface area (Å²) in [4.78, 5) is 12.0. The van der Waals surface area contributed by atoms with Gasteiger partial charge in [-0.1, -0.05) is 11.6 Å². The molecule has 9 heteroatoms. The van der Waals surface area contributed by atoms with Crippen LogP contribution >= 0.6 is 11.6 Å². The number of nitrogens with zero attached hydrogens (tertiary/aromatic N) is 3. The molecular weight excluding hydrogens is 345 g/mol. The average molecular weight is 364 g/mol. The fraction of sp³-hybridized carbons (Fsp3) is 0.375. The summed E-state index contributed by atoms with van der Waals surface area (Å²) < 4.78 is 14.1. The van der Waals surface area contributed by atoms with Gasteiger partial charge in [0, 0.05) is 23.8 Å². The van der Waals surface area contributed by atoms with Gasteiger partial charge in [0.1, 0.15) is 11.5 Å². The third kappa shape index (κ3) is 4.02. The molecule has 1 aliphatic rings. The first kappa shape index (κ1) is 17.5. The van der Waals surface area contributed by atoms with E-state index in [9.17, 15) is 4.39 Å². The molecule has 1 aliphatic carbocycles. The minimum atomic E-state index is -0.576. The van der Waals surface area contributed by atoms with E-state index in [1.807, 2.05) is 0 Å². The van der Waals surface area contributed by atoms with E-state index in [1.165, 1.54) is 12.3 Å². The van der Waals surface area contributed by atoms with E-state index >= 15 is 0 Å². The molecule has 7 nitrogen and oxygen atoms in total. The number of pyridine rings is 1. The fourth-order valence-electron chi connectivity index (χ4n) is 2.91. The number of hydrogen-bond acceptors (Lipinski definition) is 7. The van der Waals surface area contributed by atoms with Crippen molar-refractivity contribution < 1.29 is 4.39 Å². The van der Waals surface area contributed by atoms with E-state index in [-0.39, 0.29) is 35.3 Å². The first-order chi connectivity index (χ1) is 11.9. The van der Waals surface area contributed by atoms with Gasteiger partial charge in [-0.2, -0.15) is 0 Å². The molecule has 2 heterocycles. The summed E-state index contributed by atoms with van der Waals surface area (Å²) in [5, 5.41) is 11.7. The summed E-state index contributed by atoms with van der Waals surface area (Å²) in [6.07, 6.45) is 6.03. The van der Waals surface area contributed by atoms with Gasteiger partial charge in [-0.15, -0.1) is 0 Å². The summed E-state index contributed by atoms with van der Waals surface area (Å²) in [5.41, 5.74) is 12.0. The Morgan fingerprint density at radius 3 is 2.88 bits per heavy atom. The van der Waals surface area contributed by atoms with Crippen LogP contribution in [-0.2, 0) is 0 Å². The molecule has 2 aromatic rings. The largest absolute Gasteiger partial charge is 0.383 e. The summed E-state index contributed by atoms with van der Waals surface area (Å²) >= 11 is 5.91. The Balaban J connectivity index is 1.85. The summed E-state index contributed by atoms with van der Waals surface area (Å²) in [5.74, 6) is -0.342. The first-order valence-electron chi connectivity index (χ1n) is 7.99. The molecule has 0 radical (unpaired) electrons. The van der Waals surface area contributed by atoms with Crippen molar-refractivity contribution >= 4 is 28.9 Å². The second kappa shape index (κ2) is 7.28. The Bertz CT molecular complexity index is 798. The van der Waals surface area contributed by atoms with Gasteiger partial charge in [0.05, 0.1) is 11.2 Å². The molecule has 25 heavy (non-hydrogen) atoms. The molecule has 3 rings (SSSR count). The van der Waals surface area contributed by atoms with Gasteiger partial charge >= 0.3 is 0 Å². The lowest BCUT2D eigenvalue weighted by molar-refractivity contribution is 0.407. The van der Waals surface area contributed by atoms with E-state index in [0.29, 0.717) is 10.6 Å². The van der Waals surface area contributed by atoms with Crippen molar-refractivity contribution in [3.63, 3.8) is 0 Å². The van der Waals surface area contributed by atoms with Crippen LogP contribution in [0.25, 0.3) is 0 Å². The standard InChI is InChI=1S/C16H19ClFN7/c17-8-4-11(14(21)22-6-8)13(20)16-23-7-12(18)15(25-16)24-10-3-1-2-9(19)5-10/h4,6-7,9-10,20H,1-3,5,19H2,(H2,21,22)(H,23,24,25)/t9-,10?/m1/s1. The van der Waals surface area contributed by atoms with E-state index in [0.717, 1.165) is 31.9 Å². The minimum Gasteiger partial charge on any atom is -0.383 e. The van der Waals surface area contributed by atoms with E-state index in [4.69, 9.17) is 28.5 Å². The van der Waals surface area contributed by atoms with Crippen LogP contribution in [0.3, 0.4) is 0 Å². The maximum Gasteiger partial charge on any atom is 0.183 e. The van der Waals surface area contributed by atoms with Gasteiger partial charge in [0.15, 0.2) is 17.5 Å². The molecule has 6 N–H and O–H groups in total. The van der Waals surface area contributed by atoms with Gasteiger partial charge in [0.2, 0.25) is 0 Å². The molecule has 0 aliphatic heterocycles. The van der Waals surface area contributed by atoms with Crippen LogP contribution in [0.4, 0.5) is 16.0 Å². The molecule has 0 aromatic carbocycles. The van der Waals surface area contributed by atoms with Crippen molar-refractivity contribution in [1.82, 2.24) is 15.0 Å². The van der Waals surface area contributed by atoms with Crippen LogP contribution in [0.1, 0.15) is 37.1 Å². The fourth-order valence-corrected chi connectivity index (χ4v) is 3.07. The summed E-state index contributed by atoms with van der Waals surface area (Å²) in [7, 11) is 0. The molecule has 2 atom stereocenters. The SMILES string of the molecule is N=C(c1ncc(F)c(NC2CCC[C@@H](N)C2)n1)c1cc(Cl)cnc1N. The lowest BCUT2D eigenvalue weighted by Crippen LogP contribution is -2.35. The molecule has 0 bridgehead atoms. The number of rotatable bonds is 4. The van der Waals surface area contributed by atoms with Crippen LogP contribution in [0.5, 0.6) is 0 Å². The molecular formula is C16H19ClFN7. The van der Waals surface area contributed by atoms with Crippen molar-refractivity contribution in [1.29, 1.82) is 5.41 Å². The van der Waals surface area contributed by atoms with Crippen LogP contribution in [-0.4, -0.2) is 32.7 Å².